The molecule has 1 aliphatic heterocycles. The van der Waals surface area contributed by atoms with E-state index in [0.29, 0.717) is 19.8 Å². The first-order chi connectivity index (χ1) is 9.90. The predicted molar refractivity (Wildman–Crippen MR) is 76.8 cm³/mol. The summed E-state index contributed by atoms with van der Waals surface area (Å²) in [4.78, 5) is 9.93. The molecule has 9 heteroatoms. The molecule has 0 spiro atoms. The van der Waals surface area contributed by atoms with Crippen LogP contribution in [-0.4, -0.2) is 33.1 Å². The molecule has 0 aromatic heterocycles. The fourth-order valence-electron chi connectivity index (χ4n) is 2.06. The first-order valence-electron chi connectivity index (χ1n) is 6.41. The van der Waals surface area contributed by atoms with Crippen LogP contribution >= 0.6 is 11.6 Å². The van der Waals surface area contributed by atoms with Crippen LogP contribution in [0.15, 0.2) is 23.1 Å². The van der Waals surface area contributed by atoms with Crippen molar-refractivity contribution >= 4 is 27.3 Å². The molecule has 21 heavy (non-hydrogen) atoms. The van der Waals surface area contributed by atoms with Crippen LogP contribution in [-0.2, 0) is 14.8 Å². The number of benzene rings is 1. The van der Waals surface area contributed by atoms with E-state index in [-0.39, 0.29) is 15.8 Å². The summed E-state index contributed by atoms with van der Waals surface area (Å²) < 4.78 is 32.0. The van der Waals surface area contributed by atoms with Crippen molar-refractivity contribution in [2.75, 3.05) is 19.8 Å². The van der Waals surface area contributed by atoms with Crippen LogP contribution in [0.1, 0.15) is 12.8 Å². The number of nitro benzene ring substituents is 1. The van der Waals surface area contributed by atoms with E-state index in [0.717, 1.165) is 18.9 Å². The van der Waals surface area contributed by atoms with Crippen molar-refractivity contribution in [3.05, 3.63) is 33.3 Å². The minimum Gasteiger partial charge on any atom is -0.381 e. The van der Waals surface area contributed by atoms with Crippen molar-refractivity contribution in [2.45, 2.75) is 17.7 Å². The van der Waals surface area contributed by atoms with E-state index in [9.17, 15) is 18.5 Å². The monoisotopic (exact) mass is 334 g/mol. The minimum atomic E-state index is -3.79. The summed E-state index contributed by atoms with van der Waals surface area (Å²) in [6.07, 6.45) is 1.59. The standard InChI is InChI=1S/C12H15ClN2O5S/c13-11-2-1-10(7-12(11)15(16)17)21(18,19)14-8-9-3-5-20-6-4-9/h1-2,7,9,14H,3-6,8H2. The number of ether oxygens (including phenoxy) is 1. The lowest BCUT2D eigenvalue weighted by Crippen LogP contribution is -2.32. The molecule has 1 aromatic carbocycles. The smallest absolute Gasteiger partial charge is 0.289 e. The van der Waals surface area contributed by atoms with Gasteiger partial charge in [-0.3, -0.25) is 10.1 Å². The fourth-order valence-corrected chi connectivity index (χ4v) is 3.38. The van der Waals surface area contributed by atoms with Crippen molar-refractivity contribution in [3.63, 3.8) is 0 Å². The highest BCUT2D eigenvalue weighted by Gasteiger charge is 2.22. The average molecular weight is 335 g/mol. The highest BCUT2D eigenvalue weighted by molar-refractivity contribution is 7.89. The molecule has 0 atom stereocenters. The van der Waals surface area contributed by atoms with Gasteiger partial charge >= 0.3 is 0 Å². The zero-order valence-electron chi connectivity index (χ0n) is 11.1. The topological polar surface area (TPSA) is 98.5 Å². The van der Waals surface area contributed by atoms with E-state index in [2.05, 4.69) is 4.72 Å². The van der Waals surface area contributed by atoms with Gasteiger partial charge in [0, 0.05) is 25.8 Å². The Kier molecular flexibility index (Phi) is 5.15. The lowest BCUT2D eigenvalue weighted by molar-refractivity contribution is -0.384. The molecule has 0 radical (unpaired) electrons. The summed E-state index contributed by atoms with van der Waals surface area (Å²) in [6.45, 7) is 1.54. The lowest BCUT2D eigenvalue weighted by atomic mass is 10.0. The summed E-state index contributed by atoms with van der Waals surface area (Å²) in [7, 11) is -3.79. The molecule has 1 fully saturated rings. The Bertz CT molecular complexity index is 629. The third kappa shape index (κ3) is 4.13. The SMILES string of the molecule is O=[N+]([O-])c1cc(S(=O)(=O)NCC2CCOCC2)ccc1Cl. The molecule has 0 bridgehead atoms. The van der Waals surface area contributed by atoms with Gasteiger partial charge in [-0.1, -0.05) is 11.6 Å². The largest absolute Gasteiger partial charge is 0.381 e. The van der Waals surface area contributed by atoms with Crippen LogP contribution in [0.4, 0.5) is 5.69 Å². The molecule has 0 aliphatic carbocycles. The van der Waals surface area contributed by atoms with Gasteiger partial charge in [0.1, 0.15) is 5.02 Å². The van der Waals surface area contributed by atoms with Crippen LogP contribution in [0.5, 0.6) is 0 Å². The summed E-state index contributed by atoms with van der Waals surface area (Å²) in [6, 6.07) is 3.43. The molecular weight excluding hydrogens is 320 g/mol. The molecule has 1 aromatic rings. The maximum absolute atomic E-state index is 12.2. The van der Waals surface area contributed by atoms with E-state index < -0.39 is 20.6 Å². The quantitative estimate of drug-likeness (QED) is 0.655. The van der Waals surface area contributed by atoms with Gasteiger partial charge in [0.25, 0.3) is 5.69 Å². The van der Waals surface area contributed by atoms with E-state index in [4.69, 9.17) is 16.3 Å². The van der Waals surface area contributed by atoms with Gasteiger partial charge in [-0.2, -0.15) is 0 Å². The second-order valence-electron chi connectivity index (χ2n) is 4.78. The van der Waals surface area contributed by atoms with Gasteiger partial charge < -0.3 is 4.74 Å². The molecule has 0 saturated carbocycles. The Labute approximate surface area is 127 Å². The van der Waals surface area contributed by atoms with Gasteiger partial charge in [-0.25, -0.2) is 13.1 Å². The Morgan fingerprint density at radius 3 is 2.67 bits per heavy atom. The molecular formula is C12H15ClN2O5S. The molecule has 116 valence electrons. The Hall–Kier alpha value is -1.22. The number of nitro groups is 1. The highest BCUT2D eigenvalue weighted by Crippen LogP contribution is 2.27. The maximum atomic E-state index is 12.2. The Morgan fingerprint density at radius 1 is 1.38 bits per heavy atom. The van der Waals surface area contributed by atoms with Crippen LogP contribution in [0, 0.1) is 16.0 Å². The van der Waals surface area contributed by atoms with E-state index in [1.54, 1.807) is 0 Å². The van der Waals surface area contributed by atoms with Gasteiger partial charge in [-0.05, 0) is 30.9 Å². The average Bonchev–Trinajstić information content (AvgIpc) is 2.46. The Balaban J connectivity index is 2.11. The number of nitrogens with one attached hydrogen (secondary N) is 1. The molecule has 1 aliphatic rings. The van der Waals surface area contributed by atoms with E-state index in [1.807, 2.05) is 0 Å². The van der Waals surface area contributed by atoms with Crippen molar-refractivity contribution in [3.8, 4) is 0 Å². The van der Waals surface area contributed by atoms with Crippen LogP contribution < -0.4 is 4.72 Å². The van der Waals surface area contributed by atoms with Crippen molar-refractivity contribution in [1.82, 2.24) is 4.72 Å². The van der Waals surface area contributed by atoms with Crippen molar-refractivity contribution in [1.29, 1.82) is 0 Å². The summed E-state index contributed by atoms with van der Waals surface area (Å²) in [5, 5.41) is 10.7. The zero-order chi connectivity index (χ0) is 15.5. The van der Waals surface area contributed by atoms with Gasteiger partial charge in [0.2, 0.25) is 10.0 Å². The number of hydrogen-bond acceptors (Lipinski definition) is 5. The normalized spacial score (nSPS) is 16.8. The van der Waals surface area contributed by atoms with Crippen LogP contribution in [0.25, 0.3) is 0 Å². The first-order valence-corrected chi connectivity index (χ1v) is 8.27. The number of halogens is 1. The summed E-state index contributed by atoms with van der Waals surface area (Å²) >= 11 is 5.67. The van der Waals surface area contributed by atoms with Crippen molar-refractivity contribution < 1.29 is 18.1 Å². The number of nitrogens with zero attached hydrogens (tertiary/aromatic N) is 1. The van der Waals surface area contributed by atoms with E-state index in [1.165, 1.54) is 12.1 Å². The second-order valence-corrected chi connectivity index (χ2v) is 6.95. The number of sulfonamides is 1. The predicted octanol–water partition coefficient (Wildman–Crippen LogP) is 1.95. The zero-order valence-corrected chi connectivity index (χ0v) is 12.7. The van der Waals surface area contributed by atoms with E-state index >= 15 is 0 Å². The molecule has 0 unspecified atom stereocenters. The molecule has 2 rings (SSSR count). The third-order valence-corrected chi connectivity index (χ3v) is 5.07. The second kappa shape index (κ2) is 6.69. The number of rotatable bonds is 5. The maximum Gasteiger partial charge on any atom is 0.289 e. The number of hydrogen-bond donors (Lipinski definition) is 1. The summed E-state index contributed by atoms with van der Waals surface area (Å²) in [5.41, 5.74) is -0.425. The van der Waals surface area contributed by atoms with Crippen LogP contribution in [0.2, 0.25) is 5.02 Å². The summed E-state index contributed by atoms with van der Waals surface area (Å²) in [5.74, 6) is 0.218. The minimum absolute atomic E-state index is 0.0941. The molecule has 1 saturated heterocycles. The van der Waals surface area contributed by atoms with Gasteiger partial charge in [0.05, 0.1) is 9.82 Å². The highest BCUT2D eigenvalue weighted by atomic mass is 35.5. The van der Waals surface area contributed by atoms with Gasteiger partial charge in [-0.15, -0.1) is 0 Å². The third-order valence-electron chi connectivity index (χ3n) is 3.33. The van der Waals surface area contributed by atoms with Gasteiger partial charge in [0.15, 0.2) is 0 Å². The molecule has 7 nitrogen and oxygen atoms in total. The first kappa shape index (κ1) is 16.2. The molecule has 1 heterocycles. The Morgan fingerprint density at radius 2 is 2.05 bits per heavy atom. The molecule has 1 N–H and O–H groups in total. The van der Waals surface area contributed by atoms with Crippen molar-refractivity contribution in [2.24, 2.45) is 5.92 Å². The van der Waals surface area contributed by atoms with Crippen LogP contribution in [0.3, 0.4) is 0 Å². The molecule has 0 amide bonds. The fraction of sp³-hybridized carbons (Fsp3) is 0.500. The lowest BCUT2D eigenvalue weighted by Gasteiger charge is -2.22.